The Morgan fingerprint density at radius 1 is 1.37 bits per heavy atom. The van der Waals surface area contributed by atoms with Crippen LogP contribution in [-0.4, -0.2) is 37.0 Å². The summed E-state index contributed by atoms with van der Waals surface area (Å²) in [5.74, 6) is 1.03. The molecule has 0 bridgehead atoms. The lowest BCUT2D eigenvalue weighted by atomic mass is 10.1. The molecule has 1 aromatic carbocycles. The Morgan fingerprint density at radius 3 is 3.11 bits per heavy atom. The first-order valence-corrected chi connectivity index (χ1v) is 9.57. The summed E-state index contributed by atoms with van der Waals surface area (Å²) in [5, 5.41) is 4.51. The number of hydrogen-bond acceptors (Lipinski definition) is 5. The average molecular weight is 384 g/mol. The molecule has 2 aliphatic heterocycles. The van der Waals surface area contributed by atoms with Gasteiger partial charge < -0.3 is 9.42 Å². The maximum Gasteiger partial charge on any atom is 0.278 e. The van der Waals surface area contributed by atoms with Crippen LogP contribution in [0.3, 0.4) is 0 Å². The Balaban J connectivity index is 1.74. The van der Waals surface area contributed by atoms with E-state index in [1.807, 2.05) is 21.6 Å². The number of aryl methyl sites for hydroxylation is 1. The van der Waals surface area contributed by atoms with E-state index in [4.69, 9.17) is 16.1 Å². The fraction of sp³-hybridized carbons (Fsp3) is 0.368. The van der Waals surface area contributed by atoms with Crippen molar-refractivity contribution >= 4 is 17.5 Å². The first-order valence-electron chi connectivity index (χ1n) is 9.19. The van der Waals surface area contributed by atoms with Crippen molar-refractivity contribution in [3.63, 3.8) is 0 Å². The van der Waals surface area contributed by atoms with Crippen molar-refractivity contribution in [3.05, 3.63) is 46.6 Å². The molecule has 1 atom stereocenters. The summed E-state index contributed by atoms with van der Waals surface area (Å²) in [6.07, 6.45) is 5.22. The second-order valence-electron chi connectivity index (χ2n) is 6.90. The molecule has 0 unspecified atom stereocenters. The van der Waals surface area contributed by atoms with E-state index in [0.717, 1.165) is 37.1 Å². The Kier molecular flexibility index (Phi) is 3.79. The lowest BCUT2D eigenvalue weighted by Gasteiger charge is -2.22. The van der Waals surface area contributed by atoms with Gasteiger partial charge in [0.1, 0.15) is 6.33 Å². The van der Waals surface area contributed by atoms with Crippen LogP contribution in [0, 0.1) is 0 Å². The zero-order valence-electron chi connectivity index (χ0n) is 14.9. The van der Waals surface area contributed by atoms with Crippen LogP contribution in [0.5, 0.6) is 0 Å². The topological polar surface area (TPSA) is 77.0 Å². The van der Waals surface area contributed by atoms with Crippen LogP contribution in [0.25, 0.3) is 17.3 Å². The van der Waals surface area contributed by atoms with Crippen molar-refractivity contribution in [2.45, 2.75) is 38.6 Å². The van der Waals surface area contributed by atoms with Gasteiger partial charge in [0.05, 0.1) is 28.0 Å². The molecule has 1 amide bonds. The molecule has 0 N–H and O–H groups in total. The maximum atomic E-state index is 13.2. The number of carbonyl (C=O) groups excluding carboxylic acids is 1. The Bertz CT molecular complexity index is 1040. The zero-order valence-corrected chi connectivity index (χ0v) is 15.6. The number of hydrogen-bond donors (Lipinski definition) is 0. The first-order chi connectivity index (χ1) is 13.2. The molecule has 0 spiro atoms. The van der Waals surface area contributed by atoms with Gasteiger partial charge in [-0.2, -0.15) is 4.98 Å². The van der Waals surface area contributed by atoms with Gasteiger partial charge in [0.15, 0.2) is 11.5 Å². The number of aromatic nitrogens is 4. The molecule has 8 heteroatoms. The molecule has 0 saturated carbocycles. The minimum absolute atomic E-state index is 0.0371. The second kappa shape index (κ2) is 6.20. The van der Waals surface area contributed by atoms with E-state index in [0.29, 0.717) is 34.5 Å². The molecule has 1 saturated heterocycles. The predicted octanol–water partition coefficient (Wildman–Crippen LogP) is 3.82. The molecule has 5 rings (SSSR count). The van der Waals surface area contributed by atoms with Crippen molar-refractivity contribution < 1.29 is 9.32 Å². The van der Waals surface area contributed by atoms with Crippen LogP contribution in [0.4, 0.5) is 0 Å². The van der Waals surface area contributed by atoms with Gasteiger partial charge in [-0.15, -0.1) is 0 Å². The number of halogens is 1. The largest absolute Gasteiger partial charge is 0.332 e. The SMILES string of the molecule is CCCc1noc(-c2ncn3c2[C@@H]2CCCN2C(=O)c2c(Cl)cccc2-3)n1. The van der Waals surface area contributed by atoms with Crippen LogP contribution in [0.1, 0.15) is 54.1 Å². The highest BCUT2D eigenvalue weighted by Crippen LogP contribution is 2.43. The highest BCUT2D eigenvalue weighted by Gasteiger charge is 2.40. The summed E-state index contributed by atoms with van der Waals surface area (Å²) < 4.78 is 7.44. The van der Waals surface area contributed by atoms with Crippen molar-refractivity contribution in [3.8, 4) is 17.3 Å². The van der Waals surface area contributed by atoms with Crippen LogP contribution < -0.4 is 0 Å². The van der Waals surface area contributed by atoms with Crippen LogP contribution in [0.15, 0.2) is 29.0 Å². The quantitative estimate of drug-likeness (QED) is 0.687. The fourth-order valence-corrected chi connectivity index (χ4v) is 4.32. The van der Waals surface area contributed by atoms with E-state index in [1.165, 1.54) is 0 Å². The Hall–Kier alpha value is -2.67. The highest BCUT2D eigenvalue weighted by atomic mass is 35.5. The second-order valence-corrected chi connectivity index (χ2v) is 7.31. The molecule has 2 aliphatic rings. The molecule has 1 fully saturated rings. The minimum Gasteiger partial charge on any atom is -0.332 e. The Morgan fingerprint density at radius 2 is 2.26 bits per heavy atom. The molecule has 0 radical (unpaired) electrons. The summed E-state index contributed by atoms with van der Waals surface area (Å²) in [6, 6.07) is 5.41. The maximum absolute atomic E-state index is 13.2. The minimum atomic E-state index is -0.0833. The smallest absolute Gasteiger partial charge is 0.278 e. The van der Waals surface area contributed by atoms with E-state index in [2.05, 4.69) is 22.0 Å². The number of nitrogens with zero attached hydrogens (tertiary/aromatic N) is 5. The molecule has 27 heavy (non-hydrogen) atoms. The van der Waals surface area contributed by atoms with Gasteiger partial charge in [0.2, 0.25) is 0 Å². The molecule has 138 valence electrons. The van der Waals surface area contributed by atoms with Gasteiger partial charge >= 0.3 is 0 Å². The summed E-state index contributed by atoms with van der Waals surface area (Å²) in [6.45, 7) is 2.77. The average Bonchev–Trinajstić information content (AvgIpc) is 3.38. The van der Waals surface area contributed by atoms with Crippen molar-refractivity contribution in [2.75, 3.05) is 6.54 Å². The third-order valence-corrected chi connectivity index (χ3v) is 5.56. The third-order valence-electron chi connectivity index (χ3n) is 5.24. The lowest BCUT2D eigenvalue weighted by Crippen LogP contribution is -2.29. The molecule has 0 aliphatic carbocycles. The van der Waals surface area contributed by atoms with Crippen LogP contribution in [-0.2, 0) is 6.42 Å². The van der Waals surface area contributed by atoms with Gasteiger partial charge in [-0.3, -0.25) is 9.36 Å². The summed E-state index contributed by atoms with van der Waals surface area (Å²) >= 11 is 6.41. The van der Waals surface area contributed by atoms with E-state index in [-0.39, 0.29) is 11.9 Å². The Labute approximate surface area is 161 Å². The molecule has 2 aromatic heterocycles. The van der Waals surface area contributed by atoms with Gasteiger partial charge in [-0.25, -0.2) is 4.98 Å². The van der Waals surface area contributed by atoms with Gasteiger partial charge in [-0.1, -0.05) is 29.7 Å². The van der Waals surface area contributed by atoms with E-state index in [9.17, 15) is 4.79 Å². The summed E-state index contributed by atoms with van der Waals surface area (Å²) in [4.78, 5) is 24.2. The highest BCUT2D eigenvalue weighted by molar-refractivity contribution is 6.34. The van der Waals surface area contributed by atoms with Crippen molar-refractivity contribution in [1.82, 2.24) is 24.6 Å². The number of fused-ring (bicyclic) bond motifs is 5. The molecular weight excluding hydrogens is 366 g/mol. The van der Waals surface area contributed by atoms with E-state index >= 15 is 0 Å². The number of rotatable bonds is 3. The zero-order chi connectivity index (χ0) is 18.5. The first kappa shape index (κ1) is 16.5. The summed E-state index contributed by atoms with van der Waals surface area (Å²) in [5.41, 5.74) is 2.81. The van der Waals surface area contributed by atoms with E-state index < -0.39 is 0 Å². The fourth-order valence-electron chi connectivity index (χ4n) is 4.07. The monoisotopic (exact) mass is 383 g/mol. The molecule has 4 heterocycles. The number of imidazole rings is 1. The van der Waals surface area contributed by atoms with Crippen LogP contribution >= 0.6 is 11.6 Å². The van der Waals surface area contributed by atoms with Gasteiger partial charge in [0, 0.05) is 13.0 Å². The standard InChI is InChI=1S/C19H18ClN5O2/c1-2-5-14-22-18(27-23-14)16-17-13-8-4-9-24(13)19(26)15-11(20)6-3-7-12(15)25(17)10-21-16/h3,6-7,10,13H,2,4-5,8-9H2,1H3/t13-/m0/s1. The van der Waals surface area contributed by atoms with E-state index in [1.54, 1.807) is 12.4 Å². The number of benzene rings is 1. The predicted molar refractivity (Wildman–Crippen MR) is 98.9 cm³/mol. The normalized spacial score (nSPS) is 18.2. The van der Waals surface area contributed by atoms with Crippen molar-refractivity contribution in [1.29, 1.82) is 0 Å². The van der Waals surface area contributed by atoms with Crippen molar-refractivity contribution in [2.24, 2.45) is 0 Å². The lowest BCUT2D eigenvalue weighted by molar-refractivity contribution is 0.0739. The number of amides is 1. The van der Waals surface area contributed by atoms with Crippen LogP contribution in [0.2, 0.25) is 5.02 Å². The third kappa shape index (κ3) is 2.41. The van der Waals surface area contributed by atoms with Gasteiger partial charge in [-0.05, 0) is 31.4 Å². The number of carbonyl (C=O) groups is 1. The molecule has 3 aromatic rings. The summed E-state index contributed by atoms with van der Waals surface area (Å²) in [7, 11) is 0. The van der Waals surface area contributed by atoms with Gasteiger partial charge in [0.25, 0.3) is 11.8 Å². The molecule has 7 nitrogen and oxygen atoms in total. The molecular formula is C19H18ClN5O2.